The van der Waals surface area contributed by atoms with E-state index in [1.165, 1.54) is 0 Å². The highest BCUT2D eigenvalue weighted by Gasteiger charge is 2.74. The van der Waals surface area contributed by atoms with E-state index in [1.807, 2.05) is 6.92 Å². The fraction of sp³-hybridized carbons (Fsp3) is 0.812. The molecule has 0 aromatic carbocycles. The van der Waals surface area contributed by atoms with Crippen molar-refractivity contribution >= 4 is 5.97 Å². The number of carbonyl (C=O) groups is 1. The standard InChI is InChI=1S/C16H24O3/c1-9(17)5-6-13-15(3)7-11-10(2)14(18)19-12(11)8-16(13,15)4/h9,11-13,17H,2,5-8H2,1,3-4H3. The number of hydrogen-bond acceptors (Lipinski definition) is 3. The van der Waals surface area contributed by atoms with Crippen molar-refractivity contribution < 1.29 is 14.6 Å². The largest absolute Gasteiger partial charge is 0.458 e. The minimum atomic E-state index is -0.220. The van der Waals surface area contributed by atoms with Crippen LogP contribution < -0.4 is 0 Å². The first-order valence-electron chi connectivity index (χ1n) is 7.37. The molecule has 0 bridgehead atoms. The van der Waals surface area contributed by atoms with Gasteiger partial charge in [0.05, 0.1) is 6.10 Å². The number of fused-ring (bicyclic) bond motifs is 2. The van der Waals surface area contributed by atoms with Crippen LogP contribution in [0, 0.1) is 22.7 Å². The quantitative estimate of drug-likeness (QED) is 0.629. The van der Waals surface area contributed by atoms with Gasteiger partial charge in [-0.15, -0.1) is 0 Å². The number of hydrogen-bond donors (Lipinski definition) is 1. The van der Waals surface area contributed by atoms with Crippen molar-refractivity contribution in [2.24, 2.45) is 22.7 Å². The SMILES string of the molecule is C=C1C(=O)OC2CC3(C)C(CCC(C)O)C3(C)CC12. The van der Waals surface area contributed by atoms with Gasteiger partial charge in [-0.3, -0.25) is 0 Å². The van der Waals surface area contributed by atoms with E-state index in [1.54, 1.807) is 0 Å². The molecule has 0 aromatic rings. The van der Waals surface area contributed by atoms with Crippen molar-refractivity contribution in [3.05, 3.63) is 12.2 Å². The highest BCUT2D eigenvalue weighted by atomic mass is 16.6. The van der Waals surface area contributed by atoms with Crippen LogP contribution in [-0.2, 0) is 9.53 Å². The molecule has 0 spiro atoms. The molecular weight excluding hydrogens is 240 g/mol. The second-order valence-corrected chi connectivity index (χ2v) is 7.30. The second-order valence-electron chi connectivity index (χ2n) is 7.30. The van der Waals surface area contributed by atoms with Gasteiger partial charge in [-0.2, -0.15) is 0 Å². The first kappa shape index (κ1) is 13.2. The summed E-state index contributed by atoms with van der Waals surface area (Å²) in [6, 6.07) is 0. The summed E-state index contributed by atoms with van der Waals surface area (Å²) in [7, 11) is 0. The Kier molecular flexibility index (Phi) is 2.66. The van der Waals surface area contributed by atoms with Crippen molar-refractivity contribution in [3.63, 3.8) is 0 Å². The maximum absolute atomic E-state index is 11.6. The maximum atomic E-state index is 11.6. The maximum Gasteiger partial charge on any atom is 0.334 e. The molecule has 3 rings (SSSR count). The molecule has 3 fully saturated rings. The predicted molar refractivity (Wildman–Crippen MR) is 72.4 cm³/mol. The lowest BCUT2D eigenvalue weighted by Crippen LogP contribution is -2.30. The van der Waals surface area contributed by atoms with E-state index >= 15 is 0 Å². The van der Waals surface area contributed by atoms with Gasteiger partial charge in [0.2, 0.25) is 0 Å². The van der Waals surface area contributed by atoms with Gasteiger partial charge in [0.1, 0.15) is 6.10 Å². The number of rotatable bonds is 3. The third-order valence-corrected chi connectivity index (χ3v) is 6.32. The summed E-state index contributed by atoms with van der Waals surface area (Å²) in [4.78, 5) is 11.6. The zero-order valence-corrected chi connectivity index (χ0v) is 12.1. The number of esters is 1. The van der Waals surface area contributed by atoms with Crippen molar-refractivity contribution in [1.82, 2.24) is 0 Å². The summed E-state index contributed by atoms with van der Waals surface area (Å²) in [5.74, 6) is 0.679. The molecule has 3 heteroatoms. The Labute approximate surface area is 115 Å². The van der Waals surface area contributed by atoms with Gasteiger partial charge in [-0.25, -0.2) is 4.79 Å². The summed E-state index contributed by atoms with van der Waals surface area (Å²) < 4.78 is 5.47. The summed E-state index contributed by atoms with van der Waals surface area (Å²) in [5, 5.41) is 9.49. The fourth-order valence-electron chi connectivity index (χ4n) is 4.85. The molecule has 2 saturated carbocycles. The van der Waals surface area contributed by atoms with E-state index in [-0.39, 0.29) is 29.5 Å². The lowest BCUT2D eigenvalue weighted by atomic mass is 9.73. The molecule has 1 aliphatic heterocycles. The normalized spacial score (nSPS) is 49.4. The Hall–Kier alpha value is -0.830. The molecule has 3 nitrogen and oxygen atoms in total. The third-order valence-electron chi connectivity index (χ3n) is 6.32. The first-order valence-corrected chi connectivity index (χ1v) is 7.37. The number of aliphatic hydroxyl groups is 1. The predicted octanol–water partition coefficient (Wildman–Crippen LogP) is 2.68. The molecular formula is C16H24O3. The van der Waals surface area contributed by atoms with Crippen molar-refractivity contribution in [2.45, 2.75) is 58.7 Å². The highest BCUT2D eigenvalue weighted by Crippen LogP contribution is 2.78. The van der Waals surface area contributed by atoms with E-state index in [9.17, 15) is 9.90 Å². The van der Waals surface area contributed by atoms with E-state index < -0.39 is 0 Å². The zero-order chi connectivity index (χ0) is 14.0. The van der Waals surface area contributed by atoms with Crippen LogP contribution in [0.3, 0.4) is 0 Å². The van der Waals surface area contributed by atoms with Crippen LogP contribution in [0.15, 0.2) is 12.2 Å². The molecule has 19 heavy (non-hydrogen) atoms. The van der Waals surface area contributed by atoms with Crippen LogP contribution in [-0.4, -0.2) is 23.3 Å². The Bertz CT molecular complexity index is 441. The molecule has 2 aliphatic carbocycles. The van der Waals surface area contributed by atoms with Crippen molar-refractivity contribution in [1.29, 1.82) is 0 Å². The molecule has 6 unspecified atom stereocenters. The molecule has 6 atom stereocenters. The van der Waals surface area contributed by atoms with Crippen molar-refractivity contribution in [2.75, 3.05) is 0 Å². The van der Waals surface area contributed by atoms with E-state index in [4.69, 9.17) is 4.74 Å². The summed E-state index contributed by atoms with van der Waals surface area (Å²) in [6.45, 7) is 10.4. The molecule has 3 aliphatic rings. The van der Waals surface area contributed by atoms with Crippen LogP contribution in [0.2, 0.25) is 0 Å². The lowest BCUT2D eigenvalue weighted by molar-refractivity contribution is -0.140. The molecule has 0 radical (unpaired) electrons. The van der Waals surface area contributed by atoms with E-state index in [2.05, 4.69) is 20.4 Å². The van der Waals surface area contributed by atoms with Gasteiger partial charge < -0.3 is 9.84 Å². The zero-order valence-electron chi connectivity index (χ0n) is 12.1. The Morgan fingerprint density at radius 1 is 1.42 bits per heavy atom. The lowest BCUT2D eigenvalue weighted by Gasteiger charge is -2.32. The molecule has 106 valence electrons. The summed E-state index contributed by atoms with van der Waals surface area (Å²) >= 11 is 0. The van der Waals surface area contributed by atoms with Gasteiger partial charge in [-0.1, -0.05) is 20.4 Å². The average molecular weight is 264 g/mol. The minimum Gasteiger partial charge on any atom is -0.458 e. The molecule has 0 aromatic heterocycles. The Morgan fingerprint density at radius 2 is 2.05 bits per heavy atom. The minimum absolute atomic E-state index is 0.0506. The summed E-state index contributed by atoms with van der Waals surface area (Å²) in [6.07, 6.45) is 3.75. The van der Waals surface area contributed by atoms with E-state index in [0.29, 0.717) is 16.9 Å². The number of carbonyl (C=O) groups excluding carboxylic acids is 1. The third kappa shape index (κ3) is 1.63. The average Bonchev–Trinajstić information content (AvgIpc) is 2.66. The van der Waals surface area contributed by atoms with Crippen LogP contribution >= 0.6 is 0 Å². The van der Waals surface area contributed by atoms with Crippen LogP contribution in [0.25, 0.3) is 0 Å². The van der Waals surface area contributed by atoms with Gasteiger partial charge in [0.25, 0.3) is 0 Å². The summed E-state index contributed by atoms with van der Waals surface area (Å²) in [5.41, 5.74) is 1.24. The smallest absolute Gasteiger partial charge is 0.334 e. The van der Waals surface area contributed by atoms with Crippen LogP contribution in [0.5, 0.6) is 0 Å². The fourth-order valence-corrected chi connectivity index (χ4v) is 4.85. The Morgan fingerprint density at radius 3 is 2.68 bits per heavy atom. The molecule has 0 amide bonds. The first-order chi connectivity index (χ1) is 8.79. The Balaban J connectivity index is 1.76. The molecule has 1 heterocycles. The molecule has 1 saturated heterocycles. The number of aliphatic hydroxyl groups excluding tert-OH is 1. The van der Waals surface area contributed by atoms with Crippen LogP contribution in [0.1, 0.15) is 46.5 Å². The number of ether oxygens (including phenoxy) is 1. The topological polar surface area (TPSA) is 46.5 Å². The van der Waals surface area contributed by atoms with Crippen LogP contribution in [0.4, 0.5) is 0 Å². The van der Waals surface area contributed by atoms with E-state index in [0.717, 1.165) is 25.7 Å². The highest BCUT2D eigenvalue weighted by molar-refractivity contribution is 5.91. The monoisotopic (exact) mass is 264 g/mol. The van der Waals surface area contributed by atoms with Gasteiger partial charge in [-0.05, 0) is 49.4 Å². The second kappa shape index (κ2) is 3.85. The van der Waals surface area contributed by atoms with Crippen molar-refractivity contribution in [3.8, 4) is 0 Å². The van der Waals surface area contributed by atoms with Gasteiger partial charge in [0.15, 0.2) is 0 Å². The van der Waals surface area contributed by atoms with Gasteiger partial charge >= 0.3 is 5.97 Å². The van der Waals surface area contributed by atoms with Gasteiger partial charge in [0, 0.05) is 11.5 Å². The molecule has 1 N–H and O–H groups in total.